The first-order chi connectivity index (χ1) is 9.54. The van der Waals surface area contributed by atoms with Crippen molar-refractivity contribution < 1.29 is 19.1 Å². The molecule has 0 unspecified atom stereocenters. The Bertz CT molecular complexity index is 746. The number of aromatic nitrogens is 2. The van der Waals surface area contributed by atoms with E-state index in [1.165, 1.54) is 6.20 Å². The van der Waals surface area contributed by atoms with Crippen molar-refractivity contribution in [2.75, 3.05) is 5.32 Å². The molecule has 0 aromatic carbocycles. The minimum absolute atomic E-state index is 0.0976. The molecular weight excluding hydrogens is 265 g/mol. The van der Waals surface area contributed by atoms with E-state index >= 15 is 0 Å². The fourth-order valence-corrected chi connectivity index (χ4v) is 2.00. The molecule has 2 aromatic rings. The maximum absolute atomic E-state index is 13.8. The van der Waals surface area contributed by atoms with Crippen molar-refractivity contribution >= 4 is 17.7 Å². The van der Waals surface area contributed by atoms with Gasteiger partial charge >= 0.3 is 5.97 Å². The summed E-state index contributed by atoms with van der Waals surface area (Å²) in [6.45, 7) is 0. The molecule has 1 aliphatic rings. The Morgan fingerprint density at radius 3 is 2.95 bits per heavy atom. The molecule has 3 rings (SSSR count). The fraction of sp³-hybridized carbons (Fsp3) is 0.0769. The summed E-state index contributed by atoms with van der Waals surface area (Å²) in [6.07, 6.45) is 1.51. The summed E-state index contributed by atoms with van der Waals surface area (Å²) in [5.74, 6) is -1.63. The van der Waals surface area contributed by atoms with E-state index in [9.17, 15) is 14.0 Å². The third-order valence-electron chi connectivity index (χ3n) is 2.91. The molecule has 7 heteroatoms. The van der Waals surface area contributed by atoms with Crippen molar-refractivity contribution in [2.45, 2.75) is 6.42 Å². The number of carbonyl (C=O) groups excluding carboxylic acids is 1. The van der Waals surface area contributed by atoms with Gasteiger partial charge in [-0.3, -0.25) is 4.79 Å². The monoisotopic (exact) mass is 273 g/mol. The van der Waals surface area contributed by atoms with Crippen molar-refractivity contribution in [3.63, 3.8) is 0 Å². The van der Waals surface area contributed by atoms with Gasteiger partial charge in [0.25, 0.3) is 0 Å². The van der Waals surface area contributed by atoms with Gasteiger partial charge in [0.15, 0.2) is 0 Å². The maximum atomic E-state index is 13.8. The smallest absolute Gasteiger partial charge is 0.354 e. The third kappa shape index (κ3) is 1.99. The average Bonchev–Trinajstić information content (AvgIpc) is 2.78. The van der Waals surface area contributed by atoms with Crippen LogP contribution in [0.1, 0.15) is 16.1 Å². The largest absolute Gasteiger partial charge is 0.477 e. The first kappa shape index (κ1) is 12.2. The minimum Gasteiger partial charge on any atom is -0.477 e. The molecule has 0 aliphatic carbocycles. The average molecular weight is 273 g/mol. The Morgan fingerprint density at radius 1 is 1.40 bits per heavy atom. The van der Waals surface area contributed by atoms with Gasteiger partial charge in [0.1, 0.15) is 23.0 Å². The number of carbonyl (C=O) groups is 2. The number of carboxylic acid groups (broad SMARTS) is 1. The van der Waals surface area contributed by atoms with E-state index < -0.39 is 11.8 Å². The standard InChI is InChI=1S/C13H8FN3O3/c14-8-1-2-9(13(19)20)16-11(8)7-3-6-4-10(18)17-12(6)15-5-7/h1-3,5H,4H2,(H,19,20)(H,15,17,18). The van der Waals surface area contributed by atoms with Gasteiger partial charge in [0, 0.05) is 17.3 Å². The topological polar surface area (TPSA) is 92.2 Å². The van der Waals surface area contributed by atoms with Gasteiger partial charge in [0.05, 0.1) is 6.42 Å². The van der Waals surface area contributed by atoms with Crippen LogP contribution < -0.4 is 5.32 Å². The van der Waals surface area contributed by atoms with Crippen molar-refractivity contribution in [3.8, 4) is 11.3 Å². The molecule has 2 aromatic heterocycles. The summed E-state index contributed by atoms with van der Waals surface area (Å²) in [4.78, 5) is 29.9. The van der Waals surface area contributed by atoms with Crippen molar-refractivity contribution in [1.29, 1.82) is 0 Å². The molecule has 0 spiro atoms. The predicted octanol–water partition coefficient (Wildman–Crippen LogP) is 1.48. The zero-order valence-corrected chi connectivity index (χ0v) is 10.1. The zero-order chi connectivity index (χ0) is 14.3. The molecule has 100 valence electrons. The van der Waals surface area contributed by atoms with E-state index in [0.717, 1.165) is 12.1 Å². The number of nitrogens with one attached hydrogen (secondary N) is 1. The van der Waals surface area contributed by atoms with Crippen LogP contribution in [0.15, 0.2) is 24.4 Å². The number of fused-ring (bicyclic) bond motifs is 1. The number of pyridine rings is 2. The molecule has 0 saturated heterocycles. The number of amides is 1. The van der Waals surface area contributed by atoms with Crippen LogP contribution in [0.4, 0.5) is 10.2 Å². The van der Waals surface area contributed by atoms with E-state index in [1.807, 2.05) is 0 Å². The highest BCUT2D eigenvalue weighted by Crippen LogP contribution is 2.27. The number of rotatable bonds is 2. The van der Waals surface area contributed by atoms with Crippen LogP contribution in [-0.2, 0) is 11.2 Å². The molecular formula is C13H8FN3O3. The van der Waals surface area contributed by atoms with E-state index in [-0.39, 0.29) is 23.7 Å². The fourth-order valence-electron chi connectivity index (χ4n) is 2.00. The SMILES string of the molecule is O=C1Cc2cc(-c3nc(C(=O)O)ccc3F)cnc2N1. The first-order valence-corrected chi connectivity index (χ1v) is 5.73. The number of halogens is 1. The zero-order valence-electron chi connectivity index (χ0n) is 10.1. The number of nitrogens with zero attached hydrogens (tertiary/aromatic N) is 2. The van der Waals surface area contributed by atoms with Gasteiger partial charge in [-0.2, -0.15) is 0 Å². The highest BCUT2D eigenvalue weighted by molar-refractivity contribution is 5.98. The molecule has 0 radical (unpaired) electrons. The molecule has 6 nitrogen and oxygen atoms in total. The highest BCUT2D eigenvalue weighted by atomic mass is 19.1. The minimum atomic E-state index is -1.24. The molecule has 0 atom stereocenters. The van der Waals surface area contributed by atoms with E-state index in [4.69, 9.17) is 5.11 Å². The second-order valence-corrected chi connectivity index (χ2v) is 4.29. The summed E-state index contributed by atoms with van der Waals surface area (Å²) in [7, 11) is 0. The normalized spacial score (nSPS) is 12.9. The lowest BCUT2D eigenvalue weighted by Gasteiger charge is -2.05. The Balaban J connectivity index is 2.10. The van der Waals surface area contributed by atoms with Crippen molar-refractivity contribution in [2.24, 2.45) is 0 Å². The van der Waals surface area contributed by atoms with E-state index in [1.54, 1.807) is 6.07 Å². The summed E-state index contributed by atoms with van der Waals surface area (Å²) in [5.41, 5.74) is 0.617. The van der Waals surface area contributed by atoms with Crippen molar-refractivity contribution in [3.05, 3.63) is 41.5 Å². The Labute approximate surface area is 112 Å². The number of hydrogen-bond donors (Lipinski definition) is 2. The molecule has 20 heavy (non-hydrogen) atoms. The second kappa shape index (κ2) is 4.37. The van der Waals surface area contributed by atoms with Gasteiger partial charge in [-0.15, -0.1) is 0 Å². The van der Waals surface area contributed by atoms with Crippen LogP contribution >= 0.6 is 0 Å². The number of aromatic carboxylic acids is 1. The van der Waals surface area contributed by atoms with Crippen LogP contribution in [0.5, 0.6) is 0 Å². The summed E-state index contributed by atoms with van der Waals surface area (Å²) in [5, 5.41) is 11.4. The van der Waals surface area contributed by atoms with Gasteiger partial charge < -0.3 is 10.4 Å². The van der Waals surface area contributed by atoms with Gasteiger partial charge in [0.2, 0.25) is 5.91 Å². The van der Waals surface area contributed by atoms with Crippen LogP contribution in [0.3, 0.4) is 0 Å². The molecule has 3 heterocycles. The Kier molecular flexibility index (Phi) is 2.67. The molecule has 0 saturated carbocycles. The molecule has 0 bridgehead atoms. The Morgan fingerprint density at radius 2 is 2.20 bits per heavy atom. The summed E-state index contributed by atoms with van der Waals surface area (Å²) in [6, 6.07) is 3.72. The van der Waals surface area contributed by atoms with E-state index in [2.05, 4.69) is 15.3 Å². The molecule has 2 N–H and O–H groups in total. The number of anilines is 1. The molecule has 1 aliphatic heterocycles. The third-order valence-corrected chi connectivity index (χ3v) is 2.91. The predicted molar refractivity (Wildman–Crippen MR) is 66.7 cm³/mol. The van der Waals surface area contributed by atoms with Crippen LogP contribution in [-0.4, -0.2) is 27.0 Å². The highest BCUT2D eigenvalue weighted by Gasteiger charge is 2.21. The van der Waals surface area contributed by atoms with Gasteiger partial charge in [-0.1, -0.05) is 0 Å². The van der Waals surface area contributed by atoms with Crippen LogP contribution in [0.25, 0.3) is 11.3 Å². The molecule has 1 amide bonds. The maximum Gasteiger partial charge on any atom is 0.354 e. The van der Waals surface area contributed by atoms with E-state index in [0.29, 0.717) is 16.9 Å². The van der Waals surface area contributed by atoms with Crippen LogP contribution in [0, 0.1) is 5.82 Å². The lowest BCUT2D eigenvalue weighted by Crippen LogP contribution is -2.04. The van der Waals surface area contributed by atoms with Gasteiger partial charge in [-0.25, -0.2) is 19.2 Å². The molecule has 0 fully saturated rings. The summed E-state index contributed by atoms with van der Waals surface area (Å²) < 4.78 is 13.8. The quantitative estimate of drug-likeness (QED) is 0.864. The first-order valence-electron chi connectivity index (χ1n) is 5.73. The lowest BCUT2D eigenvalue weighted by molar-refractivity contribution is -0.115. The number of hydrogen-bond acceptors (Lipinski definition) is 4. The second-order valence-electron chi connectivity index (χ2n) is 4.29. The van der Waals surface area contributed by atoms with Crippen LogP contribution in [0.2, 0.25) is 0 Å². The summed E-state index contributed by atoms with van der Waals surface area (Å²) >= 11 is 0. The Hall–Kier alpha value is -2.83. The van der Waals surface area contributed by atoms with Crippen molar-refractivity contribution in [1.82, 2.24) is 9.97 Å². The lowest BCUT2D eigenvalue weighted by atomic mass is 10.1. The van der Waals surface area contributed by atoms with Gasteiger partial charge in [-0.05, 0) is 18.2 Å². The number of carboxylic acids is 1.